The molecule has 1 aromatic heterocycles. The lowest BCUT2D eigenvalue weighted by atomic mass is 10.3. The first-order valence-corrected chi connectivity index (χ1v) is 6.58. The van der Waals surface area contributed by atoms with Gasteiger partial charge in [-0.05, 0) is 12.8 Å². The number of rotatable bonds is 6. The highest BCUT2D eigenvalue weighted by Gasteiger charge is 1.99. The first kappa shape index (κ1) is 16.8. The molecule has 10 nitrogen and oxygen atoms in total. The van der Waals surface area contributed by atoms with Crippen molar-refractivity contribution in [3.8, 4) is 12.4 Å². The second kappa shape index (κ2) is 9.61. The summed E-state index contributed by atoms with van der Waals surface area (Å²) in [5.41, 5.74) is 5.45. The molecule has 0 bridgehead atoms. The van der Waals surface area contributed by atoms with Crippen LogP contribution in [0.25, 0.3) is 0 Å². The predicted octanol–water partition coefficient (Wildman–Crippen LogP) is -0.674. The highest BCUT2D eigenvalue weighted by molar-refractivity contribution is 5.81. The van der Waals surface area contributed by atoms with Crippen LogP contribution in [-0.4, -0.2) is 35.3 Å². The van der Waals surface area contributed by atoms with E-state index in [1.807, 2.05) is 6.19 Å². The maximum Gasteiger partial charge on any atom is 0.208 e. The number of aliphatic imine (C=N–C) groups is 2. The quantitative estimate of drug-likeness (QED) is 0.179. The van der Waals surface area contributed by atoms with E-state index in [4.69, 9.17) is 16.3 Å². The fourth-order valence-electron chi connectivity index (χ4n) is 1.58. The van der Waals surface area contributed by atoms with Crippen LogP contribution in [-0.2, 0) is 6.54 Å². The zero-order valence-corrected chi connectivity index (χ0v) is 12.2. The molecule has 0 saturated carbocycles. The maximum absolute atomic E-state index is 8.48. The average Bonchev–Trinajstić information content (AvgIpc) is 2.93. The molecule has 0 unspecified atom stereocenters. The minimum absolute atomic E-state index is 0.00771. The van der Waals surface area contributed by atoms with Crippen molar-refractivity contribution < 1.29 is 0 Å². The summed E-state index contributed by atoms with van der Waals surface area (Å²) in [4.78, 5) is 7.81. The third-order valence-corrected chi connectivity index (χ3v) is 2.55. The van der Waals surface area contributed by atoms with E-state index in [0.29, 0.717) is 18.3 Å². The number of nitrogens with one attached hydrogen (secondary N) is 3. The Morgan fingerprint density at radius 1 is 1.36 bits per heavy atom. The zero-order valence-electron chi connectivity index (χ0n) is 12.2. The van der Waals surface area contributed by atoms with Gasteiger partial charge in [-0.1, -0.05) is 0 Å². The van der Waals surface area contributed by atoms with Crippen molar-refractivity contribution in [2.75, 3.05) is 13.6 Å². The number of hydrogen-bond donors (Lipinski definition) is 4. The molecule has 1 rings (SSSR count). The minimum Gasteiger partial charge on any atom is -0.369 e. The van der Waals surface area contributed by atoms with Crippen LogP contribution in [0.15, 0.2) is 22.2 Å². The van der Waals surface area contributed by atoms with Crippen molar-refractivity contribution in [3.63, 3.8) is 0 Å². The second-order valence-corrected chi connectivity index (χ2v) is 4.11. The smallest absolute Gasteiger partial charge is 0.208 e. The largest absolute Gasteiger partial charge is 0.369 e. The van der Waals surface area contributed by atoms with Crippen LogP contribution < -0.4 is 21.7 Å². The Labute approximate surface area is 128 Å². The van der Waals surface area contributed by atoms with Crippen molar-refractivity contribution in [1.29, 1.82) is 10.5 Å². The molecule has 0 amide bonds. The summed E-state index contributed by atoms with van der Waals surface area (Å²) < 4.78 is 1.75. The van der Waals surface area contributed by atoms with E-state index >= 15 is 0 Å². The van der Waals surface area contributed by atoms with E-state index in [2.05, 4.69) is 31.0 Å². The van der Waals surface area contributed by atoms with Gasteiger partial charge >= 0.3 is 0 Å². The van der Waals surface area contributed by atoms with Crippen LogP contribution in [0.2, 0.25) is 0 Å². The van der Waals surface area contributed by atoms with Gasteiger partial charge < -0.3 is 11.1 Å². The molecule has 22 heavy (non-hydrogen) atoms. The minimum atomic E-state index is 0.00771. The van der Waals surface area contributed by atoms with E-state index in [-0.39, 0.29) is 5.96 Å². The molecule has 10 heteroatoms. The van der Waals surface area contributed by atoms with E-state index in [9.17, 15) is 0 Å². The normalized spacial score (nSPS) is 11.4. The van der Waals surface area contributed by atoms with Crippen molar-refractivity contribution >= 4 is 17.7 Å². The zero-order chi connectivity index (χ0) is 16.2. The lowest BCUT2D eigenvalue weighted by molar-refractivity contribution is 0.554. The van der Waals surface area contributed by atoms with Gasteiger partial charge in [0.1, 0.15) is 0 Å². The van der Waals surface area contributed by atoms with Crippen molar-refractivity contribution in [2.24, 2.45) is 15.7 Å². The summed E-state index contributed by atoms with van der Waals surface area (Å²) in [5, 5.41) is 28.8. The number of aryl methyl sites for hydroxylation is 1. The van der Waals surface area contributed by atoms with Gasteiger partial charge in [0.2, 0.25) is 11.9 Å². The lowest BCUT2D eigenvalue weighted by Gasteiger charge is -2.06. The maximum atomic E-state index is 8.48. The fourth-order valence-corrected chi connectivity index (χ4v) is 1.58. The molecule has 5 N–H and O–H groups in total. The highest BCUT2D eigenvalue weighted by atomic mass is 15.3. The number of nitriles is 2. The number of nitrogens with two attached hydrogens (primary N) is 1. The van der Waals surface area contributed by atoms with Crippen LogP contribution in [0.3, 0.4) is 0 Å². The number of nitrogens with zero attached hydrogens (tertiary/aromatic N) is 6. The van der Waals surface area contributed by atoms with Crippen molar-refractivity contribution in [2.45, 2.75) is 19.4 Å². The van der Waals surface area contributed by atoms with Crippen LogP contribution in [0, 0.1) is 22.9 Å². The molecule has 0 aliphatic heterocycles. The highest BCUT2D eigenvalue weighted by Crippen LogP contribution is 2.07. The molecule has 1 heterocycles. The first-order valence-electron chi connectivity index (χ1n) is 6.58. The molecule has 0 saturated heterocycles. The van der Waals surface area contributed by atoms with Gasteiger partial charge in [0.25, 0.3) is 0 Å². The van der Waals surface area contributed by atoms with Gasteiger partial charge in [-0.25, -0.2) is 0 Å². The molecular weight excluding hydrogens is 284 g/mol. The standard InChI is InChI=1S/C12H18N10/c1-16-12(19-9-14)17-5-2-3-6-22-7-4-10(21-22)20-11(15)18-8-13/h4,7H,2-3,5-6H2,1H3,(H2,16,17,19)(H3,15,18,20,21). The Morgan fingerprint density at radius 3 is 2.82 bits per heavy atom. The summed E-state index contributed by atoms with van der Waals surface area (Å²) in [7, 11) is 1.60. The van der Waals surface area contributed by atoms with Gasteiger partial charge in [-0.15, -0.1) is 0 Å². The van der Waals surface area contributed by atoms with Crippen LogP contribution >= 0.6 is 0 Å². The number of hydrogen-bond acceptors (Lipinski definition) is 5. The Bertz CT molecular complexity index is 600. The Hall–Kier alpha value is -3.27. The summed E-state index contributed by atoms with van der Waals surface area (Å²) >= 11 is 0. The van der Waals surface area contributed by atoms with Crippen molar-refractivity contribution in [3.05, 3.63) is 12.3 Å². The van der Waals surface area contributed by atoms with Crippen LogP contribution in [0.5, 0.6) is 0 Å². The predicted molar refractivity (Wildman–Crippen MR) is 81.6 cm³/mol. The Morgan fingerprint density at radius 2 is 2.14 bits per heavy atom. The Balaban J connectivity index is 2.29. The third-order valence-electron chi connectivity index (χ3n) is 2.55. The fraction of sp³-hybridized carbons (Fsp3) is 0.417. The number of unbranched alkanes of at least 4 members (excludes halogenated alkanes) is 1. The Kier molecular flexibility index (Phi) is 7.33. The SMILES string of the molecule is CN=C(NC#N)NCCCCn1ccc(N=C(N)NC#N)n1. The number of aromatic nitrogens is 2. The van der Waals surface area contributed by atoms with Crippen LogP contribution in [0.1, 0.15) is 12.8 Å². The van der Waals surface area contributed by atoms with Crippen LogP contribution in [0.4, 0.5) is 5.82 Å². The van der Waals surface area contributed by atoms with Gasteiger partial charge in [-0.3, -0.25) is 20.3 Å². The molecule has 116 valence electrons. The van der Waals surface area contributed by atoms with E-state index in [1.54, 1.807) is 30.2 Å². The van der Waals surface area contributed by atoms with E-state index in [0.717, 1.165) is 19.4 Å². The van der Waals surface area contributed by atoms with Gasteiger partial charge in [0, 0.05) is 32.4 Å². The molecular formula is C12H18N10. The second-order valence-electron chi connectivity index (χ2n) is 4.11. The summed E-state index contributed by atoms with van der Waals surface area (Å²) in [6.45, 7) is 1.43. The topological polar surface area (TPSA) is 152 Å². The third kappa shape index (κ3) is 6.25. The van der Waals surface area contributed by atoms with E-state index < -0.39 is 0 Å². The monoisotopic (exact) mass is 302 g/mol. The van der Waals surface area contributed by atoms with E-state index in [1.165, 1.54) is 0 Å². The molecule has 0 radical (unpaired) electrons. The molecule has 0 atom stereocenters. The van der Waals surface area contributed by atoms with Crippen molar-refractivity contribution in [1.82, 2.24) is 25.7 Å². The average molecular weight is 302 g/mol. The van der Waals surface area contributed by atoms with Gasteiger partial charge in [0.05, 0.1) is 0 Å². The molecule has 0 spiro atoms. The molecule has 0 aliphatic carbocycles. The van der Waals surface area contributed by atoms with Gasteiger partial charge in [0.15, 0.2) is 18.2 Å². The summed E-state index contributed by atoms with van der Waals surface area (Å²) in [6.07, 6.45) is 7.07. The van der Waals surface area contributed by atoms with Gasteiger partial charge in [-0.2, -0.15) is 20.6 Å². The summed E-state index contributed by atoms with van der Waals surface area (Å²) in [5.74, 6) is 0.906. The first-order chi connectivity index (χ1) is 10.7. The molecule has 0 aliphatic rings. The summed E-state index contributed by atoms with van der Waals surface area (Å²) in [6, 6.07) is 1.71. The molecule has 0 aromatic carbocycles. The molecule has 1 aromatic rings. The molecule has 0 fully saturated rings. The lowest BCUT2D eigenvalue weighted by Crippen LogP contribution is -2.34. The number of guanidine groups is 2.